The van der Waals surface area contributed by atoms with Gasteiger partial charge in [-0.1, -0.05) is 32.9 Å². The fourth-order valence-corrected chi connectivity index (χ4v) is 6.36. The molecule has 3 heterocycles. The quantitative estimate of drug-likeness (QED) is 0.239. The number of benzene rings is 5. The predicted molar refractivity (Wildman–Crippen MR) is 158 cm³/mol. The van der Waals surface area contributed by atoms with Crippen LogP contribution in [0.15, 0.2) is 77.2 Å². The first-order chi connectivity index (χ1) is 18.4. The second-order valence-electron chi connectivity index (χ2n) is 11.3. The maximum absolute atomic E-state index is 6.27. The highest BCUT2D eigenvalue weighted by atomic mass is 16.5. The summed E-state index contributed by atoms with van der Waals surface area (Å²) in [7, 11) is 3.45. The van der Waals surface area contributed by atoms with E-state index >= 15 is 0 Å². The molecule has 0 radical (unpaired) electrons. The van der Waals surface area contributed by atoms with Crippen LogP contribution < -0.4 is 9.47 Å². The van der Waals surface area contributed by atoms with Gasteiger partial charge in [0.1, 0.15) is 22.7 Å². The minimum Gasteiger partial charge on any atom is -0.497 e. The van der Waals surface area contributed by atoms with Crippen LogP contribution in [0.3, 0.4) is 0 Å². The number of aromatic nitrogens is 1. The highest BCUT2D eigenvalue weighted by Crippen LogP contribution is 2.46. The van der Waals surface area contributed by atoms with Crippen LogP contribution in [0, 0.1) is 0 Å². The Kier molecular flexibility index (Phi) is 4.04. The molecule has 0 aliphatic heterocycles. The maximum atomic E-state index is 6.27. The molecule has 8 aromatic rings. The smallest absolute Gasteiger partial charge is 0.139 e. The number of fused-ring (bicyclic) bond motifs is 11. The van der Waals surface area contributed by atoms with Gasteiger partial charge in [0.25, 0.3) is 0 Å². The molecule has 0 saturated carbocycles. The van der Waals surface area contributed by atoms with E-state index in [1.165, 1.54) is 54.4 Å². The van der Waals surface area contributed by atoms with Crippen LogP contribution in [-0.4, -0.2) is 18.6 Å². The van der Waals surface area contributed by atoms with Crippen molar-refractivity contribution in [3.63, 3.8) is 0 Å². The molecule has 0 atom stereocenters. The Morgan fingerprint density at radius 1 is 0.632 bits per heavy atom. The first kappa shape index (κ1) is 21.6. The van der Waals surface area contributed by atoms with E-state index in [1.807, 2.05) is 12.1 Å². The van der Waals surface area contributed by atoms with Crippen LogP contribution in [0.2, 0.25) is 0 Å². The summed E-state index contributed by atoms with van der Waals surface area (Å²) in [5.74, 6) is 1.70. The number of ether oxygens (including phenoxy) is 2. The van der Waals surface area contributed by atoms with Gasteiger partial charge in [0, 0.05) is 33.0 Å². The third-order valence-corrected chi connectivity index (χ3v) is 8.26. The molecule has 186 valence electrons. The highest BCUT2D eigenvalue weighted by molar-refractivity contribution is 6.28. The number of hydrogen-bond donors (Lipinski definition) is 0. The van der Waals surface area contributed by atoms with Crippen molar-refractivity contribution in [1.29, 1.82) is 0 Å². The summed E-state index contributed by atoms with van der Waals surface area (Å²) in [6.07, 6.45) is 0. The van der Waals surface area contributed by atoms with E-state index in [2.05, 4.69) is 85.8 Å². The van der Waals surface area contributed by atoms with Gasteiger partial charge in [-0.3, -0.25) is 0 Å². The minimum atomic E-state index is 0.0578. The van der Waals surface area contributed by atoms with Gasteiger partial charge in [0.05, 0.1) is 36.2 Å². The Labute approximate surface area is 219 Å². The van der Waals surface area contributed by atoms with E-state index in [0.29, 0.717) is 0 Å². The summed E-state index contributed by atoms with van der Waals surface area (Å²) in [6, 6.07) is 26.2. The van der Waals surface area contributed by atoms with Crippen molar-refractivity contribution in [2.45, 2.75) is 26.2 Å². The van der Waals surface area contributed by atoms with Gasteiger partial charge < -0.3 is 18.3 Å². The Hall–Kier alpha value is -4.44. The molecule has 0 bridgehead atoms. The monoisotopic (exact) mass is 497 g/mol. The lowest BCUT2D eigenvalue weighted by Crippen LogP contribution is -2.10. The molecular weight excluding hydrogens is 470 g/mol. The molecule has 4 heteroatoms. The lowest BCUT2D eigenvalue weighted by molar-refractivity contribution is 0.414. The van der Waals surface area contributed by atoms with E-state index in [9.17, 15) is 0 Å². The molecule has 8 rings (SSSR count). The standard InChI is InChI=1S/C34H27NO3/c1-34(2,3)19-7-11-26-25(15-19)32-28(37-5)13-10-21-24-14-18-6-12-29-31(23(18)17-27(24)35(26)33(21)32)22-9-8-20(36-4)16-30(22)38-29/h6-17H,1-5H3. The third-order valence-electron chi connectivity index (χ3n) is 8.26. The SMILES string of the molecule is COc1ccc2c(c1)oc1ccc3cc4c5ccc(OC)c6c7cc(C(C)(C)C)ccc7n(c4cc3c12)c56. The summed E-state index contributed by atoms with van der Waals surface area (Å²) < 4.78 is 20.0. The lowest BCUT2D eigenvalue weighted by atomic mass is 9.86. The topological polar surface area (TPSA) is 36.0 Å². The Morgan fingerprint density at radius 3 is 2.26 bits per heavy atom. The van der Waals surface area contributed by atoms with Gasteiger partial charge >= 0.3 is 0 Å². The fourth-order valence-electron chi connectivity index (χ4n) is 6.36. The van der Waals surface area contributed by atoms with Crippen molar-refractivity contribution >= 4 is 70.8 Å². The van der Waals surface area contributed by atoms with Crippen LogP contribution in [0.4, 0.5) is 0 Å². The minimum absolute atomic E-state index is 0.0578. The fraction of sp³-hybridized carbons (Fsp3) is 0.176. The largest absolute Gasteiger partial charge is 0.497 e. The van der Waals surface area contributed by atoms with Gasteiger partial charge in [-0.05, 0) is 76.3 Å². The number of furan rings is 1. The molecule has 0 aliphatic carbocycles. The zero-order chi connectivity index (χ0) is 25.9. The van der Waals surface area contributed by atoms with Crippen LogP contribution in [-0.2, 0) is 5.41 Å². The molecule has 4 nitrogen and oxygen atoms in total. The summed E-state index contributed by atoms with van der Waals surface area (Å²) in [4.78, 5) is 0. The third kappa shape index (κ3) is 2.65. The average Bonchev–Trinajstić information content (AvgIpc) is 3.56. The molecule has 0 aliphatic rings. The van der Waals surface area contributed by atoms with Gasteiger partial charge in [0.2, 0.25) is 0 Å². The van der Waals surface area contributed by atoms with Crippen LogP contribution in [0.1, 0.15) is 26.3 Å². The zero-order valence-electron chi connectivity index (χ0n) is 22.1. The second kappa shape index (κ2) is 7.11. The van der Waals surface area contributed by atoms with Crippen molar-refractivity contribution in [2.75, 3.05) is 14.2 Å². The van der Waals surface area contributed by atoms with Gasteiger partial charge in [0.15, 0.2) is 0 Å². The van der Waals surface area contributed by atoms with Gasteiger partial charge in [-0.25, -0.2) is 0 Å². The number of rotatable bonds is 2. The number of nitrogens with zero attached hydrogens (tertiary/aromatic N) is 1. The molecule has 3 aromatic heterocycles. The van der Waals surface area contributed by atoms with E-state index in [0.717, 1.165) is 33.4 Å². The van der Waals surface area contributed by atoms with Gasteiger partial charge in [-0.15, -0.1) is 0 Å². The predicted octanol–water partition coefficient (Wildman–Crippen LogP) is 9.20. The van der Waals surface area contributed by atoms with E-state index < -0.39 is 0 Å². The van der Waals surface area contributed by atoms with E-state index in [1.54, 1.807) is 14.2 Å². The van der Waals surface area contributed by atoms with Crippen molar-refractivity contribution in [3.05, 3.63) is 78.4 Å². The number of hydrogen-bond acceptors (Lipinski definition) is 3. The Morgan fingerprint density at radius 2 is 1.47 bits per heavy atom. The first-order valence-corrected chi connectivity index (χ1v) is 13.0. The maximum Gasteiger partial charge on any atom is 0.139 e. The summed E-state index contributed by atoms with van der Waals surface area (Å²) >= 11 is 0. The lowest BCUT2D eigenvalue weighted by Gasteiger charge is -2.19. The van der Waals surface area contributed by atoms with Crippen molar-refractivity contribution < 1.29 is 13.9 Å². The van der Waals surface area contributed by atoms with Gasteiger partial charge in [-0.2, -0.15) is 0 Å². The molecule has 0 fully saturated rings. The van der Waals surface area contributed by atoms with Crippen LogP contribution in [0.5, 0.6) is 11.5 Å². The number of methoxy groups -OCH3 is 2. The summed E-state index contributed by atoms with van der Waals surface area (Å²) in [5.41, 5.74) is 6.71. The molecule has 0 saturated heterocycles. The average molecular weight is 498 g/mol. The van der Waals surface area contributed by atoms with E-state index in [-0.39, 0.29) is 5.41 Å². The molecule has 5 aromatic carbocycles. The zero-order valence-corrected chi connectivity index (χ0v) is 22.1. The Bertz CT molecular complexity index is 2240. The Balaban J connectivity index is 1.57. The molecule has 0 unspecified atom stereocenters. The van der Waals surface area contributed by atoms with Crippen LogP contribution >= 0.6 is 0 Å². The molecule has 0 amide bonds. The molecule has 0 N–H and O–H groups in total. The molecule has 38 heavy (non-hydrogen) atoms. The normalized spacial score (nSPS) is 12.9. The highest BCUT2D eigenvalue weighted by Gasteiger charge is 2.23. The first-order valence-electron chi connectivity index (χ1n) is 13.0. The molecule has 0 spiro atoms. The van der Waals surface area contributed by atoms with Crippen molar-refractivity contribution in [3.8, 4) is 11.5 Å². The van der Waals surface area contributed by atoms with Crippen molar-refractivity contribution in [1.82, 2.24) is 4.40 Å². The summed E-state index contributed by atoms with van der Waals surface area (Å²) in [5, 5.41) is 9.52. The second-order valence-corrected chi connectivity index (χ2v) is 11.3. The molecular formula is C34H27NO3. The van der Waals surface area contributed by atoms with Crippen molar-refractivity contribution in [2.24, 2.45) is 0 Å². The van der Waals surface area contributed by atoms with Crippen LogP contribution in [0.25, 0.3) is 70.8 Å². The van der Waals surface area contributed by atoms with E-state index in [4.69, 9.17) is 13.9 Å². The summed E-state index contributed by atoms with van der Waals surface area (Å²) in [6.45, 7) is 6.79.